The zero-order chi connectivity index (χ0) is 12.8. The third kappa shape index (κ3) is 1.51. The predicted molar refractivity (Wildman–Crippen MR) is 69.8 cm³/mol. The minimum atomic E-state index is 0.336. The zero-order valence-electron chi connectivity index (χ0n) is 10.5. The van der Waals surface area contributed by atoms with Crippen molar-refractivity contribution >= 4 is 17.1 Å². The molecule has 1 aliphatic rings. The van der Waals surface area contributed by atoms with Crippen LogP contribution in [0.15, 0.2) is 30.7 Å². The van der Waals surface area contributed by atoms with Crippen molar-refractivity contribution in [1.82, 2.24) is 29.5 Å². The average molecular weight is 255 g/mol. The molecule has 7 nitrogen and oxygen atoms in total. The highest BCUT2D eigenvalue weighted by molar-refractivity contribution is 5.74. The molecule has 19 heavy (non-hydrogen) atoms. The van der Waals surface area contributed by atoms with Crippen LogP contribution in [0, 0.1) is 0 Å². The van der Waals surface area contributed by atoms with Crippen molar-refractivity contribution in [2.24, 2.45) is 7.05 Å². The van der Waals surface area contributed by atoms with Crippen LogP contribution in [0.3, 0.4) is 0 Å². The zero-order valence-corrected chi connectivity index (χ0v) is 10.5. The minimum Gasteiger partial charge on any atom is -0.338 e. The molecule has 0 N–H and O–H groups in total. The van der Waals surface area contributed by atoms with Crippen LogP contribution in [-0.4, -0.2) is 42.6 Å². The minimum absolute atomic E-state index is 0.336. The van der Waals surface area contributed by atoms with E-state index in [0.29, 0.717) is 6.04 Å². The van der Waals surface area contributed by atoms with Crippen molar-refractivity contribution in [2.75, 3.05) is 18.0 Å². The van der Waals surface area contributed by atoms with Gasteiger partial charge in [-0.1, -0.05) is 0 Å². The molecule has 1 aliphatic heterocycles. The largest absolute Gasteiger partial charge is 0.338 e. The van der Waals surface area contributed by atoms with Gasteiger partial charge in [-0.2, -0.15) is 15.0 Å². The fourth-order valence-corrected chi connectivity index (χ4v) is 2.47. The summed E-state index contributed by atoms with van der Waals surface area (Å²) in [5, 5.41) is 8.34. The third-order valence-electron chi connectivity index (χ3n) is 3.51. The Morgan fingerprint density at radius 3 is 2.68 bits per heavy atom. The Labute approximate surface area is 109 Å². The van der Waals surface area contributed by atoms with Gasteiger partial charge in [-0.25, -0.2) is 9.97 Å². The van der Waals surface area contributed by atoms with Crippen LogP contribution in [0.4, 0.5) is 5.95 Å². The van der Waals surface area contributed by atoms with Gasteiger partial charge in [0.1, 0.15) is 11.6 Å². The lowest BCUT2D eigenvalue weighted by atomic mass is 10.1. The molecule has 0 amide bonds. The van der Waals surface area contributed by atoms with Crippen LogP contribution in [0.25, 0.3) is 11.2 Å². The molecule has 3 aromatic heterocycles. The van der Waals surface area contributed by atoms with Gasteiger partial charge in [0.2, 0.25) is 5.95 Å². The normalized spacial score (nSPS) is 15.9. The number of hydrogen-bond acceptors (Lipinski definition) is 5. The highest BCUT2D eigenvalue weighted by Crippen LogP contribution is 2.27. The Bertz CT molecular complexity index is 709. The summed E-state index contributed by atoms with van der Waals surface area (Å²) in [6.07, 6.45) is 5.21. The second-order valence-corrected chi connectivity index (χ2v) is 4.73. The number of aromatic nitrogens is 6. The lowest BCUT2D eigenvalue weighted by Gasteiger charge is -2.38. The number of nitrogens with zero attached hydrogens (tertiary/aromatic N) is 7. The Morgan fingerprint density at radius 1 is 1.16 bits per heavy atom. The van der Waals surface area contributed by atoms with E-state index in [1.54, 1.807) is 23.4 Å². The molecule has 0 aliphatic carbocycles. The maximum Gasteiger partial charge on any atom is 0.207 e. The SMILES string of the molecule is Cn1c(N2CC(n3nccn3)C2)nc2cccnc21. The number of rotatable bonds is 2. The van der Waals surface area contributed by atoms with Crippen LogP contribution < -0.4 is 4.90 Å². The Kier molecular flexibility index (Phi) is 2.08. The number of aryl methyl sites for hydroxylation is 1. The fraction of sp³-hybridized carbons (Fsp3) is 0.333. The van der Waals surface area contributed by atoms with E-state index < -0.39 is 0 Å². The van der Waals surface area contributed by atoms with Crippen molar-refractivity contribution in [3.05, 3.63) is 30.7 Å². The van der Waals surface area contributed by atoms with Gasteiger partial charge in [0.15, 0.2) is 5.65 Å². The summed E-state index contributed by atoms with van der Waals surface area (Å²) >= 11 is 0. The van der Waals surface area contributed by atoms with Crippen molar-refractivity contribution < 1.29 is 0 Å². The predicted octanol–water partition coefficient (Wildman–Crippen LogP) is 0.621. The molecule has 7 heteroatoms. The molecule has 4 rings (SSSR count). The van der Waals surface area contributed by atoms with E-state index in [1.807, 2.05) is 23.7 Å². The van der Waals surface area contributed by atoms with E-state index in [-0.39, 0.29) is 0 Å². The van der Waals surface area contributed by atoms with E-state index in [2.05, 4.69) is 25.1 Å². The summed E-state index contributed by atoms with van der Waals surface area (Å²) in [5.74, 6) is 0.956. The molecular formula is C12H13N7. The highest BCUT2D eigenvalue weighted by Gasteiger charge is 2.32. The maximum atomic E-state index is 4.63. The summed E-state index contributed by atoms with van der Waals surface area (Å²) in [6, 6.07) is 4.23. The molecule has 3 aromatic rings. The summed E-state index contributed by atoms with van der Waals surface area (Å²) in [4.78, 5) is 13.0. The van der Waals surface area contributed by atoms with Gasteiger partial charge in [0, 0.05) is 26.3 Å². The standard InChI is InChI=1S/C12H13N7/c1-17-11-10(3-2-4-13-11)16-12(17)18-7-9(8-18)19-14-5-6-15-19/h2-6,9H,7-8H2,1H3. The van der Waals surface area contributed by atoms with Gasteiger partial charge in [-0.15, -0.1) is 0 Å². The second kappa shape index (κ2) is 3.78. The molecule has 1 fully saturated rings. The molecule has 4 heterocycles. The van der Waals surface area contributed by atoms with Gasteiger partial charge >= 0.3 is 0 Å². The molecule has 0 atom stereocenters. The van der Waals surface area contributed by atoms with Crippen LogP contribution >= 0.6 is 0 Å². The quantitative estimate of drug-likeness (QED) is 0.671. The summed E-state index contributed by atoms with van der Waals surface area (Å²) in [5.41, 5.74) is 1.85. The molecule has 96 valence electrons. The molecule has 0 spiro atoms. The van der Waals surface area contributed by atoms with Crippen LogP contribution in [0.5, 0.6) is 0 Å². The molecule has 1 saturated heterocycles. The van der Waals surface area contributed by atoms with Gasteiger partial charge in [-0.05, 0) is 12.1 Å². The Hall–Kier alpha value is -2.44. The summed E-state index contributed by atoms with van der Waals surface area (Å²) < 4.78 is 2.03. The van der Waals surface area contributed by atoms with Crippen LogP contribution in [0.2, 0.25) is 0 Å². The Morgan fingerprint density at radius 2 is 1.95 bits per heavy atom. The fourth-order valence-electron chi connectivity index (χ4n) is 2.47. The van der Waals surface area contributed by atoms with Crippen molar-refractivity contribution in [1.29, 1.82) is 0 Å². The van der Waals surface area contributed by atoms with Gasteiger partial charge in [-0.3, -0.25) is 4.57 Å². The molecular weight excluding hydrogens is 242 g/mol. The highest BCUT2D eigenvalue weighted by atomic mass is 15.5. The lowest BCUT2D eigenvalue weighted by molar-refractivity contribution is 0.327. The van der Waals surface area contributed by atoms with E-state index in [0.717, 1.165) is 30.2 Å². The van der Waals surface area contributed by atoms with E-state index >= 15 is 0 Å². The molecule has 0 bridgehead atoms. The topological polar surface area (TPSA) is 64.7 Å². The first-order valence-electron chi connectivity index (χ1n) is 6.21. The first-order valence-corrected chi connectivity index (χ1v) is 6.21. The van der Waals surface area contributed by atoms with Gasteiger partial charge < -0.3 is 4.90 Å². The second-order valence-electron chi connectivity index (χ2n) is 4.73. The van der Waals surface area contributed by atoms with E-state index in [1.165, 1.54) is 0 Å². The number of fused-ring (bicyclic) bond motifs is 1. The smallest absolute Gasteiger partial charge is 0.207 e. The third-order valence-corrected chi connectivity index (χ3v) is 3.51. The van der Waals surface area contributed by atoms with Crippen molar-refractivity contribution in [3.63, 3.8) is 0 Å². The van der Waals surface area contributed by atoms with Crippen molar-refractivity contribution in [3.8, 4) is 0 Å². The Balaban J connectivity index is 1.61. The summed E-state index contributed by atoms with van der Waals surface area (Å²) in [6.45, 7) is 1.76. The number of imidazole rings is 1. The molecule has 0 aromatic carbocycles. The lowest BCUT2D eigenvalue weighted by Crippen LogP contribution is -2.49. The first-order chi connectivity index (χ1) is 9.33. The van der Waals surface area contributed by atoms with Crippen molar-refractivity contribution in [2.45, 2.75) is 6.04 Å². The van der Waals surface area contributed by atoms with E-state index in [9.17, 15) is 0 Å². The summed E-state index contributed by atoms with van der Waals surface area (Å²) in [7, 11) is 2.00. The monoisotopic (exact) mass is 255 g/mol. The number of anilines is 1. The molecule has 0 unspecified atom stereocenters. The van der Waals surface area contributed by atoms with Crippen LogP contribution in [0.1, 0.15) is 6.04 Å². The van der Waals surface area contributed by atoms with Crippen LogP contribution in [-0.2, 0) is 7.05 Å². The van der Waals surface area contributed by atoms with Gasteiger partial charge in [0.05, 0.1) is 12.4 Å². The number of pyridine rings is 1. The van der Waals surface area contributed by atoms with Gasteiger partial charge in [0.25, 0.3) is 0 Å². The van der Waals surface area contributed by atoms with E-state index in [4.69, 9.17) is 0 Å². The average Bonchev–Trinajstić information content (AvgIpc) is 2.98. The number of hydrogen-bond donors (Lipinski definition) is 0. The molecule has 0 radical (unpaired) electrons. The first kappa shape index (κ1) is 10.5. The molecule has 0 saturated carbocycles. The maximum absolute atomic E-state index is 4.63.